The Morgan fingerprint density at radius 1 is 0.608 bits per heavy atom. The lowest BCUT2D eigenvalue weighted by molar-refractivity contribution is -0.128. The average Bonchev–Trinajstić information content (AvgIpc) is 3.15. The summed E-state index contributed by atoms with van der Waals surface area (Å²) in [6, 6.07) is 22.0. The smallest absolute Gasteiger partial charge is 0.293 e. The summed E-state index contributed by atoms with van der Waals surface area (Å²) in [5.74, 6) is 0.205. The average molecular weight is 691 g/mol. The van der Waals surface area contributed by atoms with Crippen LogP contribution in [-0.2, 0) is 41.6 Å². The molecule has 0 amide bonds. The molecular formula is C48H66O3. The lowest BCUT2D eigenvalue weighted by Gasteiger charge is -2.23. The van der Waals surface area contributed by atoms with E-state index in [9.17, 15) is 9.59 Å². The van der Waals surface area contributed by atoms with E-state index in [1.807, 2.05) is 24.3 Å². The van der Waals surface area contributed by atoms with Gasteiger partial charge >= 0.3 is 0 Å². The topological polar surface area (TPSA) is 43.4 Å². The van der Waals surface area contributed by atoms with Crippen molar-refractivity contribution in [2.45, 2.75) is 143 Å². The van der Waals surface area contributed by atoms with E-state index in [4.69, 9.17) is 4.74 Å². The number of carbonyl (C=O) groups excluding carboxylic acids is 2. The van der Waals surface area contributed by atoms with Gasteiger partial charge < -0.3 is 4.74 Å². The van der Waals surface area contributed by atoms with Gasteiger partial charge in [-0.3, -0.25) is 9.59 Å². The van der Waals surface area contributed by atoms with Crippen LogP contribution in [0.25, 0.3) is 12.2 Å². The predicted molar refractivity (Wildman–Crippen MR) is 218 cm³/mol. The standard InChI is InChI=1S/C48H66O3/c1-6-9-10-11-12-15-18-21-40-26-30-45(43(8-3)36-40)28-23-39-24-31-46(32-25-39)47(50)48(4,5)34-33-41-27-29-44(42(7-2)37-41)22-19-16-13-14-17-20-35-51-38-49/h7-8,24-27,29-32,36-38H,2-3,6,9-23,28,33-35H2,1,4-5H3. The molecule has 0 unspecified atom stereocenters. The van der Waals surface area contributed by atoms with Gasteiger partial charge in [0.1, 0.15) is 0 Å². The van der Waals surface area contributed by atoms with Crippen LogP contribution < -0.4 is 0 Å². The first-order valence-electron chi connectivity index (χ1n) is 20.0. The monoisotopic (exact) mass is 691 g/mol. The molecule has 3 aromatic rings. The fourth-order valence-electron chi connectivity index (χ4n) is 7.04. The molecule has 276 valence electrons. The van der Waals surface area contributed by atoms with Gasteiger partial charge in [-0.15, -0.1) is 0 Å². The molecule has 51 heavy (non-hydrogen) atoms. The minimum Gasteiger partial charge on any atom is -0.468 e. The molecule has 0 bridgehead atoms. The molecule has 0 atom stereocenters. The number of unbranched alkanes of at least 4 members (excludes halogenated alkanes) is 11. The highest BCUT2D eigenvalue weighted by molar-refractivity contribution is 6.00. The number of ether oxygens (including phenoxy) is 1. The van der Waals surface area contributed by atoms with Gasteiger partial charge in [0, 0.05) is 11.0 Å². The Balaban J connectivity index is 1.44. The second-order valence-corrected chi connectivity index (χ2v) is 15.1. The van der Waals surface area contributed by atoms with Crippen LogP contribution in [0, 0.1) is 5.41 Å². The second kappa shape index (κ2) is 23.7. The Morgan fingerprint density at radius 3 is 1.71 bits per heavy atom. The summed E-state index contributed by atoms with van der Waals surface area (Å²) < 4.78 is 4.76. The van der Waals surface area contributed by atoms with E-state index in [-0.39, 0.29) is 5.78 Å². The van der Waals surface area contributed by atoms with Crippen molar-refractivity contribution in [3.8, 4) is 0 Å². The number of hydrogen-bond donors (Lipinski definition) is 0. The Kier molecular flexibility index (Phi) is 19.4. The summed E-state index contributed by atoms with van der Waals surface area (Å²) in [6.45, 7) is 15.7. The minimum absolute atomic E-state index is 0.205. The molecule has 0 aliphatic heterocycles. The van der Waals surface area contributed by atoms with Crippen LogP contribution in [0.3, 0.4) is 0 Å². The van der Waals surface area contributed by atoms with Crippen LogP contribution in [-0.4, -0.2) is 18.9 Å². The third-order valence-corrected chi connectivity index (χ3v) is 10.5. The van der Waals surface area contributed by atoms with E-state index in [0.717, 1.165) is 63.4 Å². The van der Waals surface area contributed by atoms with Crippen LogP contribution in [0.2, 0.25) is 0 Å². The van der Waals surface area contributed by atoms with Crippen molar-refractivity contribution in [3.63, 3.8) is 0 Å². The van der Waals surface area contributed by atoms with Crippen molar-refractivity contribution in [3.05, 3.63) is 118 Å². The number of Topliss-reactive ketones (excluding diaryl/α,β-unsaturated/α-hetero) is 1. The minimum atomic E-state index is -0.455. The van der Waals surface area contributed by atoms with E-state index < -0.39 is 5.41 Å². The summed E-state index contributed by atoms with van der Waals surface area (Å²) in [6.07, 6.45) is 25.9. The molecule has 0 saturated carbocycles. The highest BCUT2D eigenvalue weighted by Gasteiger charge is 2.28. The molecule has 0 saturated heterocycles. The van der Waals surface area contributed by atoms with Crippen molar-refractivity contribution < 1.29 is 14.3 Å². The van der Waals surface area contributed by atoms with Gasteiger partial charge in [0.25, 0.3) is 6.47 Å². The molecular weight excluding hydrogens is 625 g/mol. The summed E-state index contributed by atoms with van der Waals surface area (Å²) in [5.41, 5.74) is 9.41. The molecule has 0 spiro atoms. The van der Waals surface area contributed by atoms with Gasteiger partial charge in [-0.2, -0.15) is 0 Å². The van der Waals surface area contributed by atoms with E-state index >= 15 is 0 Å². The molecule has 3 rings (SSSR count). The molecule has 3 heteroatoms. The van der Waals surface area contributed by atoms with Crippen molar-refractivity contribution in [1.29, 1.82) is 0 Å². The van der Waals surface area contributed by atoms with Crippen LogP contribution >= 0.6 is 0 Å². The van der Waals surface area contributed by atoms with Gasteiger partial charge in [-0.1, -0.05) is 171 Å². The Morgan fingerprint density at radius 2 is 1.12 bits per heavy atom. The van der Waals surface area contributed by atoms with Gasteiger partial charge in [0.2, 0.25) is 0 Å². The molecule has 0 fully saturated rings. The van der Waals surface area contributed by atoms with E-state index in [1.165, 1.54) is 103 Å². The second-order valence-electron chi connectivity index (χ2n) is 15.1. The fourth-order valence-corrected chi connectivity index (χ4v) is 7.04. The van der Waals surface area contributed by atoms with E-state index in [0.29, 0.717) is 13.1 Å². The first-order chi connectivity index (χ1) is 24.8. The lowest BCUT2D eigenvalue weighted by Crippen LogP contribution is -2.25. The van der Waals surface area contributed by atoms with Crippen molar-refractivity contribution in [2.24, 2.45) is 5.41 Å². The highest BCUT2D eigenvalue weighted by Crippen LogP contribution is 2.29. The first kappa shape index (κ1) is 41.7. The number of carbonyl (C=O) groups is 2. The zero-order valence-corrected chi connectivity index (χ0v) is 32.3. The van der Waals surface area contributed by atoms with E-state index in [1.54, 1.807) is 0 Å². The van der Waals surface area contributed by atoms with Gasteiger partial charge in [-0.05, 0) is 96.7 Å². The van der Waals surface area contributed by atoms with E-state index in [2.05, 4.69) is 82.5 Å². The molecule has 0 N–H and O–H groups in total. The zero-order chi connectivity index (χ0) is 36.7. The molecule has 3 aromatic carbocycles. The quantitative estimate of drug-likeness (QED) is 0.0433. The molecule has 0 aliphatic carbocycles. The maximum atomic E-state index is 13.6. The molecule has 0 aliphatic rings. The Bertz CT molecular complexity index is 1480. The maximum Gasteiger partial charge on any atom is 0.293 e. The zero-order valence-electron chi connectivity index (χ0n) is 32.3. The van der Waals surface area contributed by atoms with Crippen LogP contribution in [0.4, 0.5) is 0 Å². The van der Waals surface area contributed by atoms with Crippen LogP contribution in [0.1, 0.15) is 160 Å². The largest absolute Gasteiger partial charge is 0.468 e. The number of hydrogen-bond acceptors (Lipinski definition) is 3. The SMILES string of the molecule is C=Cc1cc(CCC(C)(C)C(=O)c2ccc(CCc3ccc(CCCCCCCCC)cc3C=C)cc2)ccc1CCCCCCCCOC=O. The van der Waals surface area contributed by atoms with Crippen LogP contribution in [0.5, 0.6) is 0 Å². The molecule has 0 heterocycles. The summed E-state index contributed by atoms with van der Waals surface area (Å²) in [5, 5.41) is 0. The van der Waals surface area contributed by atoms with Crippen molar-refractivity contribution >= 4 is 24.4 Å². The van der Waals surface area contributed by atoms with Crippen LogP contribution in [0.15, 0.2) is 73.8 Å². The Labute approximate surface area is 311 Å². The molecule has 3 nitrogen and oxygen atoms in total. The summed E-state index contributed by atoms with van der Waals surface area (Å²) in [7, 11) is 0. The van der Waals surface area contributed by atoms with Gasteiger partial charge in [-0.25, -0.2) is 0 Å². The number of benzene rings is 3. The summed E-state index contributed by atoms with van der Waals surface area (Å²) >= 11 is 0. The highest BCUT2D eigenvalue weighted by atomic mass is 16.5. The predicted octanol–water partition coefficient (Wildman–Crippen LogP) is 12.9. The lowest BCUT2D eigenvalue weighted by atomic mass is 9.79. The summed E-state index contributed by atoms with van der Waals surface area (Å²) in [4.78, 5) is 23.9. The van der Waals surface area contributed by atoms with Crippen molar-refractivity contribution in [2.75, 3.05) is 6.61 Å². The number of rotatable bonds is 28. The number of aryl methyl sites for hydroxylation is 5. The first-order valence-corrected chi connectivity index (χ1v) is 20.0. The fraction of sp³-hybridized carbons (Fsp3) is 0.500. The van der Waals surface area contributed by atoms with Crippen molar-refractivity contribution in [1.82, 2.24) is 0 Å². The Hall–Kier alpha value is -3.72. The van der Waals surface area contributed by atoms with Gasteiger partial charge in [0.05, 0.1) is 6.61 Å². The normalized spacial score (nSPS) is 11.4. The molecule has 0 radical (unpaired) electrons. The van der Waals surface area contributed by atoms with Gasteiger partial charge in [0.15, 0.2) is 5.78 Å². The maximum absolute atomic E-state index is 13.6. The molecule has 0 aromatic heterocycles. The third kappa shape index (κ3) is 15.2. The third-order valence-electron chi connectivity index (χ3n) is 10.5. The number of ketones is 1.